The number of nitrogens with zero attached hydrogens (tertiary/aromatic N) is 2. The number of fused-ring (bicyclic) bond motifs is 2. The zero-order chi connectivity index (χ0) is 19.0. The van der Waals surface area contributed by atoms with Crippen LogP contribution in [0.3, 0.4) is 0 Å². The first kappa shape index (κ1) is 18.5. The molecule has 2 heterocycles. The normalized spacial score (nSPS) is 23.4. The van der Waals surface area contributed by atoms with Gasteiger partial charge in [0.25, 0.3) is 5.91 Å². The van der Waals surface area contributed by atoms with Crippen molar-refractivity contribution in [3.63, 3.8) is 0 Å². The Morgan fingerprint density at radius 3 is 2.52 bits per heavy atom. The summed E-state index contributed by atoms with van der Waals surface area (Å²) in [6, 6.07) is 6.38. The van der Waals surface area contributed by atoms with E-state index in [1.807, 2.05) is 6.07 Å². The fourth-order valence-electron chi connectivity index (χ4n) is 4.50. The maximum absolute atomic E-state index is 12.3. The van der Waals surface area contributed by atoms with Gasteiger partial charge in [0.1, 0.15) is 7.85 Å². The number of rotatable bonds is 3. The number of benzene rings is 1. The molecule has 5 nitrogen and oxygen atoms in total. The highest BCUT2D eigenvalue weighted by Crippen LogP contribution is 2.51. The van der Waals surface area contributed by atoms with Crippen molar-refractivity contribution in [1.82, 2.24) is 9.80 Å². The van der Waals surface area contributed by atoms with E-state index in [-0.39, 0.29) is 19.3 Å². The minimum absolute atomic E-state index is 0. The van der Waals surface area contributed by atoms with E-state index in [1.165, 1.54) is 45.2 Å². The molecule has 1 aromatic rings. The molecule has 1 spiro atoms. The van der Waals surface area contributed by atoms with Gasteiger partial charge in [0.2, 0.25) is 5.91 Å². The lowest BCUT2D eigenvalue weighted by atomic mass is 9.82. The molecule has 144 valence electrons. The molecule has 2 aliphatic carbocycles. The number of likely N-dealkylation sites (tertiary alicyclic amines) is 1. The highest BCUT2D eigenvalue weighted by molar-refractivity contribution is 6.32. The van der Waals surface area contributed by atoms with Crippen molar-refractivity contribution in [2.45, 2.75) is 56.4 Å². The van der Waals surface area contributed by atoms with Crippen LogP contribution in [0.4, 0.5) is 0 Å². The van der Waals surface area contributed by atoms with E-state index < -0.39 is 5.91 Å². The fourth-order valence-corrected chi connectivity index (χ4v) is 4.50. The van der Waals surface area contributed by atoms with Gasteiger partial charge in [-0.1, -0.05) is 24.0 Å². The van der Waals surface area contributed by atoms with Crippen LogP contribution in [0.1, 0.15) is 62.3 Å². The second-order valence-electron chi connectivity index (χ2n) is 8.54. The summed E-state index contributed by atoms with van der Waals surface area (Å²) < 4.78 is 0. The zero-order valence-corrected chi connectivity index (χ0v) is 16.0. The molecule has 0 bridgehead atoms. The Balaban J connectivity index is 0.000000189. The monoisotopic (exact) mass is 367 g/mol. The molecule has 4 aliphatic rings. The predicted molar refractivity (Wildman–Crippen MR) is 108 cm³/mol. The first-order valence-corrected chi connectivity index (χ1v) is 10.2. The molecule has 2 amide bonds. The number of piperidine rings is 1. The number of nitrogens with two attached hydrogens (primary N) is 1. The summed E-state index contributed by atoms with van der Waals surface area (Å²) in [4.78, 5) is 27.5. The molecule has 27 heavy (non-hydrogen) atoms. The summed E-state index contributed by atoms with van der Waals surface area (Å²) >= 11 is 0. The Kier molecular flexibility index (Phi) is 5.02. The molecule has 2 radical (unpaired) electrons. The van der Waals surface area contributed by atoms with Crippen molar-refractivity contribution in [1.29, 1.82) is 0 Å². The van der Waals surface area contributed by atoms with Gasteiger partial charge in [0.15, 0.2) is 0 Å². The number of carbonyl (C=O) groups is 2. The lowest BCUT2D eigenvalue weighted by Gasteiger charge is -2.34. The molecule has 2 saturated carbocycles. The van der Waals surface area contributed by atoms with Crippen molar-refractivity contribution in [2.24, 2.45) is 5.73 Å². The standard InChI is InChI=1S/C13H13BN2O2.C8H15N.H2/c14-8-1-2-9-10(5-8)13(3-4-13)7-16(12(9)18)6-11(15)17;1-2-6-9(7-3-1)8-4-5-8;/h1-2,5H,3-4,6-7H2,(H2,15,17);8H,1-7H2;1H. The van der Waals surface area contributed by atoms with E-state index in [4.69, 9.17) is 13.6 Å². The van der Waals surface area contributed by atoms with Crippen LogP contribution in [0.15, 0.2) is 18.2 Å². The summed E-state index contributed by atoms with van der Waals surface area (Å²) in [7, 11) is 5.79. The van der Waals surface area contributed by atoms with E-state index in [9.17, 15) is 9.59 Å². The van der Waals surface area contributed by atoms with Crippen LogP contribution in [0, 0.1) is 0 Å². The first-order chi connectivity index (χ1) is 13.0. The van der Waals surface area contributed by atoms with Crippen LogP contribution in [0.5, 0.6) is 0 Å². The summed E-state index contributed by atoms with van der Waals surface area (Å²) in [6.07, 6.45) is 9.42. The van der Waals surface area contributed by atoms with Gasteiger partial charge in [-0.15, -0.1) is 0 Å². The topological polar surface area (TPSA) is 66.6 Å². The molecule has 0 atom stereocenters. The number of primary amides is 1. The lowest BCUT2D eigenvalue weighted by molar-refractivity contribution is -0.118. The van der Waals surface area contributed by atoms with E-state index in [2.05, 4.69) is 4.90 Å². The summed E-state index contributed by atoms with van der Waals surface area (Å²) in [6.45, 7) is 3.35. The Morgan fingerprint density at radius 1 is 1.22 bits per heavy atom. The molecular weight excluding hydrogens is 337 g/mol. The molecule has 2 aliphatic heterocycles. The Labute approximate surface area is 164 Å². The second kappa shape index (κ2) is 7.31. The van der Waals surface area contributed by atoms with Crippen LogP contribution >= 0.6 is 0 Å². The number of hydrogen-bond donors (Lipinski definition) is 1. The van der Waals surface area contributed by atoms with Gasteiger partial charge >= 0.3 is 0 Å². The van der Waals surface area contributed by atoms with Crippen LogP contribution in [0.2, 0.25) is 0 Å². The average molecular weight is 367 g/mol. The Bertz CT molecular complexity index is 743. The molecular formula is C21H30BN3O2. The highest BCUT2D eigenvalue weighted by atomic mass is 16.2. The smallest absolute Gasteiger partial charge is 0.254 e. The van der Waals surface area contributed by atoms with Gasteiger partial charge in [0.05, 0.1) is 6.54 Å². The maximum Gasteiger partial charge on any atom is 0.254 e. The average Bonchev–Trinajstić information content (AvgIpc) is 3.56. The Morgan fingerprint density at radius 2 is 1.93 bits per heavy atom. The largest absolute Gasteiger partial charge is 0.368 e. The van der Waals surface area contributed by atoms with Crippen molar-refractivity contribution >= 4 is 25.1 Å². The van der Waals surface area contributed by atoms with Crippen molar-refractivity contribution in [2.75, 3.05) is 26.2 Å². The van der Waals surface area contributed by atoms with E-state index in [0.29, 0.717) is 17.6 Å². The third-order valence-corrected chi connectivity index (χ3v) is 6.28. The van der Waals surface area contributed by atoms with Crippen molar-refractivity contribution < 1.29 is 11.0 Å². The molecule has 3 fully saturated rings. The molecule has 1 saturated heterocycles. The quantitative estimate of drug-likeness (QED) is 0.820. The van der Waals surface area contributed by atoms with E-state index >= 15 is 0 Å². The predicted octanol–water partition coefficient (Wildman–Crippen LogP) is 1.33. The number of carbonyl (C=O) groups excluding carboxylic acids is 2. The van der Waals surface area contributed by atoms with Gasteiger partial charge in [0, 0.05) is 25.0 Å². The third kappa shape index (κ3) is 4.05. The fraction of sp³-hybridized carbons (Fsp3) is 0.619. The van der Waals surface area contributed by atoms with Crippen molar-refractivity contribution in [3.8, 4) is 0 Å². The third-order valence-electron chi connectivity index (χ3n) is 6.28. The molecule has 5 rings (SSSR count). The van der Waals surface area contributed by atoms with E-state index in [1.54, 1.807) is 17.0 Å². The molecule has 6 heteroatoms. The number of amides is 2. The SMILES string of the molecule is C1CCN(C2CC2)CC1.[B]c1ccc2c(c1)C1(CC1)CN(CC(N)=O)C2=O.[HH]. The minimum atomic E-state index is -0.474. The van der Waals surface area contributed by atoms with Crippen molar-refractivity contribution in [3.05, 3.63) is 29.3 Å². The molecule has 0 aromatic heterocycles. The Hall–Kier alpha value is -1.82. The minimum Gasteiger partial charge on any atom is -0.368 e. The first-order valence-electron chi connectivity index (χ1n) is 10.2. The van der Waals surface area contributed by atoms with Gasteiger partial charge in [-0.05, 0) is 63.2 Å². The number of hydrogen-bond acceptors (Lipinski definition) is 3. The van der Waals surface area contributed by atoms with Gasteiger partial charge in [-0.2, -0.15) is 0 Å². The van der Waals surface area contributed by atoms with Crippen LogP contribution in [0.25, 0.3) is 0 Å². The summed E-state index contributed by atoms with van der Waals surface area (Å²) in [5.41, 5.74) is 7.57. The van der Waals surface area contributed by atoms with Crippen LogP contribution < -0.4 is 11.2 Å². The van der Waals surface area contributed by atoms with E-state index in [0.717, 1.165) is 24.4 Å². The molecule has 0 unspecified atom stereocenters. The summed E-state index contributed by atoms with van der Waals surface area (Å²) in [5.74, 6) is -0.598. The molecule has 2 N–H and O–H groups in total. The van der Waals surface area contributed by atoms with Gasteiger partial charge in [-0.3, -0.25) is 9.59 Å². The van der Waals surface area contributed by atoms with Crippen LogP contribution in [-0.2, 0) is 10.2 Å². The maximum atomic E-state index is 12.3. The second-order valence-corrected chi connectivity index (χ2v) is 8.54. The highest BCUT2D eigenvalue weighted by Gasteiger charge is 2.51. The lowest BCUT2D eigenvalue weighted by Crippen LogP contribution is -2.47. The molecule has 1 aromatic carbocycles. The van der Waals surface area contributed by atoms with Crippen LogP contribution in [-0.4, -0.2) is 61.7 Å². The van der Waals surface area contributed by atoms with Gasteiger partial charge < -0.3 is 15.5 Å². The zero-order valence-electron chi connectivity index (χ0n) is 16.0. The summed E-state index contributed by atoms with van der Waals surface area (Å²) in [5, 5.41) is 0. The van der Waals surface area contributed by atoms with Gasteiger partial charge in [-0.25, -0.2) is 0 Å².